The maximum absolute atomic E-state index is 13.8. The van der Waals surface area contributed by atoms with Crippen molar-refractivity contribution in [2.24, 2.45) is 10.9 Å². The van der Waals surface area contributed by atoms with Crippen molar-refractivity contribution >= 4 is 40.6 Å². The third-order valence-electron chi connectivity index (χ3n) is 6.53. The summed E-state index contributed by atoms with van der Waals surface area (Å²) in [5.74, 6) is -1.76. The lowest BCUT2D eigenvalue weighted by molar-refractivity contribution is -0.188. The molecule has 5 rings (SSSR count). The van der Waals surface area contributed by atoms with Gasteiger partial charge in [0.05, 0.1) is 29.3 Å². The summed E-state index contributed by atoms with van der Waals surface area (Å²) < 4.78 is 53.0. The lowest BCUT2D eigenvalue weighted by Crippen LogP contribution is -2.51. The highest BCUT2D eigenvalue weighted by atomic mass is 35.5. The fourth-order valence-electron chi connectivity index (χ4n) is 4.83. The molecule has 34 heavy (non-hydrogen) atoms. The van der Waals surface area contributed by atoms with Crippen molar-refractivity contribution in [3.8, 4) is 0 Å². The molecule has 1 aromatic heterocycles. The maximum Gasteiger partial charge on any atom is 0.435 e. The van der Waals surface area contributed by atoms with Gasteiger partial charge in [0.15, 0.2) is 17.3 Å². The number of aliphatic imine (C=N–C) groups is 1. The van der Waals surface area contributed by atoms with Crippen molar-refractivity contribution in [1.82, 2.24) is 14.7 Å². The first-order chi connectivity index (χ1) is 16.1. The molecule has 0 N–H and O–H groups in total. The van der Waals surface area contributed by atoms with Crippen molar-refractivity contribution in [2.75, 3.05) is 26.3 Å². The molecule has 1 spiro atoms. The summed E-state index contributed by atoms with van der Waals surface area (Å²) in [7, 11) is 0. The van der Waals surface area contributed by atoms with E-state index in [0.717, 1.165) is 10.7 Å². The first kappa shape index (κ1) is 23.6. The second-order valence-electron chi connectivity index (χ2n) is 8.61. The highest BCUT2D eigenvalue weighted by molar-refractivity contribution is 6.42. The molecule has 2 saturated heterocycles. The van der Waals surface area contributed by atoms with Gasteiger partial charge in [-0.15, -0.1) is 0 Å². The number of hydrogen-bond donors (Lipinski definition) is 0. The molecule has 3 aliphatic rings. The van der Waals surface area contributed by atoms with Gasteiger partial charge in [0, 0.05) is 37.7 Å². The van der Waals surface area contributed by atoms with E-state index in [1.165, 1.54) is 0 Å². The van der Waals surface area contributed by atoms with Crippen LogP contribution in [0.1, 0.15) is 37.1 Å². The molecule has 2 fully saturated rings. The standard InChI is InChI=1S/C22H21Cl2F3N4O3/c1-12-18(20(32)30-6-4-21(5-7-30)33-8-9-34-21)19(13-2-3-14(23)15(24)10-13)31-17(28-12)11-16(29-31)22(25,26)27/h2-3,10-11,18-19H,4-9H2,1H3. The van der Waals surface area contributed by atoms with Crippen LogP contribution in [0.4, 0.5) is 19.0 Å². The molecule has 2 atom stereocenters. The topological polar surface area (TPSA) is 69.0 Å². The predicted molar refractivity (Wildman–Crippen MR) is 119 cm³/mol. The van der Waals surface area contributed by atoms with E-state index in [0.29, 0.717) is 55.4 Å². The van der Waals surface area contributed by atoms with Crippen LogP contribution < -0.4 is 0 Å². The van der Waals surface area contributed by atoms with Crippen LogP contribution in [0.3, 0.4) is 0 Å². The summed E-state index contributed by atoms with van der Waals surface area (Å²) in [5, 5.41) is 4.32. The van der Waals surface area contributed by atoms with Gasteiger partial charge in [0.25, 0.3) is 0 Å². The molecule has 7 nitrogen and oxygen atoms in total. The second kappa shape index (κ2) is 8.51. The van der Waals surface area contributed by atoms with Crippen molar-refractivity contribution in [3.63, 3.8) is 0 Å². The molecule has 182 valence electrons. The number of amides is 1. The van der Waals surface area contributed by atoms with E-state index in [9.17, 15) is 18.0 Å². The normalized spacial score (nSPS) is 24.3. The maximum atomic E-state index is 13.8. The molecular formula is C22H21Cl2F3N4O3. The zero-order valence-corrected chi connectivity index (χ0v) is 19.6. The van der Waals surface area contributed by atoms with Crippen molar-refractivity contribution in [1.29, 1.82) is 0 Å². The van der Waals surface area contributed by atoms with E-state index in [-0.39, 0.29) is 16.7 Å². The summed E-state index contributed by atoms with van der Waals surface area (Å²) in [6.45, 7) is 3.48. The van der Waals surface area contributed by atoms with Gasteiger partial charge in [0.1, 0.15) is 5.92 Å². The van der Waals surface area contributed by atoms with Gasteiger partial charge in [-0.05, 0) is 24.6 Å². The van der Waals surface area contributed by atoms with E-state index >= 15 is 0 Å². The van der Waals surface area contributed by atoms with Crippen LogP contribution in [-0.2, 0) is 20.4 Å². The smallest absolute Gasteiger partial charge is 0.347 e. The molecule has 1 amide bonds. The van der Waals surface area contributed by atoms with E-state index < -0.39 is 29.6 Å². The Morgan fingerprint density at radius 1 is 1.12 bits per heavy atom. The van der Waals surface area contributed by atoms with E-state index in [1.54, 1.807) is 30.0 Å². The van der Waals surface area contributed by atoms with E-state index in [1.807, 2.05) is 0 Å². The lowest BCUT2D eigenvalue weighted by atomic mass is 9.86. The highest BCUT2D eigenvalue weighted by Gasteiger charge is 2.46. The number of carbonyl (C=O) groups is 1. The van der Waals surface area contributed by atoms with Gasteiger partial charge in [-0.1, -0.05) is 29.3 Å². The van der Waals surface area contributed by atoms with E-state index in [4.69, 9.17) is 32.7 Å². The number of alkyl halides is 3. The van der Waals surface area contributed by atoms with Crippen LogP contribution in [0.2, 0.25) is 10.0 Å². The van der Waals surface area contributed by atoms with Crippen molar-refractivity contribution in [3.05, 3.63) is 45.6 Å². The van der Waals surface area contributed by atoms with Gasteiger partial charge < -0.3 is 14.4 Å². The molecule has 2 unspecified atom stereocenters. The largest absolute Gasteiger partial charge is 0.435 e. The lowest BCUT2D eigenvalue weighted by Gasteiger charge is -2.40. The minimum Gasteiger partial charge on any atom is -0.347 e. The quantitative estimate of drug-likeness (QED) is 0.570. The van der Waals surface area contributed by atoms with Crippen LogP contribution in [0.15, 0.2) is 29.3 Å². The summed E-state index contributed by atoms with van der Waals surface area (Å²) >= 11 is 12.3. The molecule has 1 aromatic carbocycles. The summed E-state index contributed by atoms with van der Waals surface area (Å²) in [6, 6.07) is 4.75. The Morgan fingerprint density at radius 3 is 2.41 bits per heavy atom. The third kappa shape index (κ3) is 4.10. The predicted octanol–water partition coefficient (Wildman–Crippen LogP) is 4.89. The number of rotatable bonds is 2. The molecule has 0 saturated carbocycles. The number of ether oxygens (including phenoxy) is 2. The Labute approximate surface area is 203 Å². The monoisotopic (exact) mass is 516 g/mol. The molecule has 4 heterocycles. The summed E-state index contributed by atoms with van der Waals surface area (Å²) in [4.78, 5) is 19.8. The first-order valence-electron chi connectivity index (χ1n) is 10.8. The van der Waals surface area contributed by atoms with Gasteiger partial charge in [-0.25, -0.2) is 9.67 Å². The Hall–Kier alpha value is -2.14. The van der Waals surface area contributed by atoms with Crippen LogP contribution in [0.25, 0.3) is 0 Å². The average Bonchev–Trinajstić information content (AvgIpc) is 3.42. The first-order valence-corrected chi connectivity index (χ1v) is 11.6. The zero-order chi connectivity index (χ0) is 24.3. The minimum absolute atomic E-state index is 0.0234. The van der Waals surface area contributed by atoms with Gasteiger partial charge in [0.2, 0.25) is 5.91 Å². The van der Waals surface area contributed by atoms with E-state index in [2.05, 4.69) is 10.1 Å². The van der Waals surface area contributed by atoms with Crippen molar-refractivity contribution in [2.45, 2.75) is 37.8 Å². The fourth-order valence-corrected chi connectivity index (χ4v) is 5.13. The molecular weight excluding hydrogens is 496 g/mol. The Kier molecular flexibility index (Phi) is 5.91. The van der Waals surface area contributed by atoms with Crippen molar-refractivity contribution < 1.29 is 27.4 Å². The Bertz CT molecular complexity index is 1150. The van der Waals surface area contributed by atoms with Gasteiger partial charge in [-0.3, -0.25) is 4.79 Å². The number of aromatic nitrogens is 2. The fraction of sp³-hybridized carbons (Fsp3) is 0.500. The van der Waals surface area contributed by atoms with Gasteiger partial charge >= 0.3 is 6.18 Å². The summed E-state index contributed by atoms with van der Waals surface area (Å²) in [6.07, 6.45) is -3.62. The summed E-state index contributed by atoms with van der Waals surface area (Å²) in [5.41, 5.74) is -0.167. The Balaban J connectivity index is 1.52. The third-order valence-corrected chi connectivity index (χ3v) is 7.27. The molecule has 0 bridgehead atoms. The highest BCUT2D eigenvalue weighted by Crippen LogP contribution is 2.42. The van der Waals surface area contributed by atoms with Crippen LogP contribution >= 0.6 is 23.2 Å². The van der Waals surface area contributed by atoms with Crippen LogP contribution in [-0.4, -0.2) is 58.4 Å². The van der Waals surface area contributed by atoms with Crippen LogP contribution in [0.5, 0.6) is 0 Å². The number of halogens is 5. The number of fused-ring (bicyclic) bond motifs is 1. The number of hydrogen-bond acceptors (Lipinski definition) is 5. The number of benzene rings is 1. The second-order valence-corrected chi connectivity index (χ2v) is 9.43. The Morgan fingerprint density at radius 2 is 1.79 bits per heavy atom. The minimum atomic E-state index is -4.65. The number of piperidine rings is 1. The zero-order valence-electron chi connectivity index (χ0n) is 18.1. The molecule has 3 aliphatic heterocycles. The number of likely N-dealkylation sites (tertiary alicyclic amines) is 1. The molecule has 12 heteroatoms. The molecule has 2 aromatic rings. The number of nitrogens with zero attached hydrogens (tertiary/aromatic N) is 4. The average molecular weight is 517 g/mol. The molecule has 0 radical (unpaired) electrons. The van der Waals surface area contributed by atoms with Crippen LogP contribution in [0, 0.1) is 5.92 Å². The number of carbonyl (C=O) groups excluding carboxylic acids is 1. The van der Waals surface area contributed by atoms with Gasteiger partial charge in [-0.2, -0.15) is 18.3 Å². The SMILES string of the molecule is CC1=Nc2cc(C(F)(F)F)nn2C(c2ccc(Cl)c(Cl)c2)C1C(=O)N1CCC2(CC1)OCCO2. The molecule has 0 aliphatic carbocycles.